The third-order valence-corrected chi connectivity index (χ3v) is 5.31. The van der Waals surface area contributed by atoms with Crippen molar-refractivity contribution in [2.45, 2.75) is 26.3 Å². The summed E-state index contributed by atoms with van der Waals surface area (Å²) in [4.78, 5) is 4.66. The number of anilines is 1. The summed E-state index contributed by atoms with van der Waals surface area (Å²) in [6.45, 7) is 4.72. The molecule has 0 radical (unpaired) electrons. The second kappa shape index (κ2) is 7.95. The highest BCUT2D eigenvalue weighted by Gasteiger charge is 2.16. The van der Waals surface area contributed by atoms with E-state index in [2.05, 4.69) is 45.5 Å². The smallest absolute Gasteiger partial charge is 0.151 e. The molecule has 4 aromatic heterocycles. The van der Waals surface area contributed by atoms with E-state index in [1.54, 1.807) is 16.8 Å². The van der Waals surface area contributed by atoms with E-state index >= 15 is 0 Å². The fourth-order valence-corrected chi connectivity index (χ4v) is 3.92. The summed E-state index contributed by atoms with van der Waals surface area (Å²) >= 11 is 1.53. The molecule has 4 heterocycles. The third-order valence-electron chi connectivity index (χ3n) is 4.30. The molecule has 0 aliphatic carbocycles. The number of rotatable bonds is 6. The van der Waals surface area contributed by atoms with E-state index in [-0.39, 0.29) is 6.04 Å². The van der Waals surface area contributed by atoms with E-state index in [1.807, 2.05) is 24.4 Å². The zero-order valence-electron chi connectivity index (χ0n) is 16.1. The molecule has 0 aromatic carbocycles. The lowest BCUT2D eigenvalue weighted by molar-refractivity contribution is 0.897. The highest BCUT2D eigenvalue weighted by Crippen LogP contribution is 2.33. The summed E-state index contributed by atoms with van der Waals surface area (Å²) in [6, 6.07) is 10.0. The number of hydrogen-bond acceptors (Lipinski definition) is 8. The van der Waals surface area contributed by atoms with Crippen LogP contribution in [0, 0.1) is 11.3 Å². The van der Waals surface area contributed by atoms with Gasteiger partial charge in [0, 0.05) is 24.3 Å². The van der Waals surface area contributed by atoms with Gasteiger partial charge < -0.3 is 11.1 Å². The van der Waals surface area contributed by atoms with Crippen molar-refractivity contribution in [1.82, 2.24) is 24.8 Å². The van der Waals surface area contributed by atoms with Crippen molar-refractivity contribution in [3.63, 3.8) is 0 Å². The predicted molar refractivity (Wildman–Crippen MR) is 114 cm³/mol. The molecule has 0 aliphatic rings. The van der Waals surface area contributed by atoms with Crippen LogP contribution in [0.4, 0.5) is 5.69 Å². The first-order valence-corrected chi connectivity index (χ1v) is 10.1. The number of nitrogens with two attached hydrogens (primary N) is 1. The molecular weight excluding hydrogens is 384 g/mol. The SMILES string of the molecule is CC(C)Nc1cc(-c2ccc3cc(C#N)cnn23)ncc1-c1nnc(CCN)s1. The van der Waals surface area contributed by atoms with Gasteiger partial charge in [-0.2, -0.15) is 10.4 Å². The minimum atomic E-state index is 0.237. The van der Waals surface area contributed by atoms with E-state index in [0.29, 0.717) is 18.5 Å². The van der Waals surface area contributed by atoms with E-state index < -0.39 is 0 Å². The minimum absolute atomic E-state index is 0.237. The summed E-state index contributed by atoms with van der Waals surface area (Å²) in [7, 11) is 0. The summed E-state index contributed by atoms with van der Waals surface area (Å²) < 4.78 is 1.78. The Labute approximate surface area is 172 Å². The van der Waals surface area contributed by atoms with Crippen LogP contribution in [0.1, 0.15) is 24.4 Å². The van der Waals surface area contributed by atoms with Crippen LogP contribution in [-0.4, -0.2) is 37.4 Å². The van der Waals surface area contributed by atoms with Crippen molar-refractivity contribution in [3.05, 3.63) is 47.2 Å². The van der Waals surface area contributed by atoms with Crippen molar-refractivity contribution < 1.29 is 0 Å². The minimum Gasteiger partial charge on any atom is -0.382 e. The first-order valence-electron chi connectivity index (χ1n) is 9.26. The number of nitrogens with one attached hydrogen (secondary N) is 1. The lowest BCUT2D eigenvalue weighted by Crippen LogP contribution is -2.11. The number of fused-ring (bicyclic) bond motifs is 1. The van der Waals surface area contributed by atoms with Gasteiger partial charge in [0.25, 0.3) is 0 Å². The predicted octanol–water partition coefficient (Wildman–Crippen LogP) is 3.11. The van der Waals surface area contributed by atoms with Gasteiger partial charge in [0.2, 0.25) is 0 Å². The number of aromatic nitrogens is 5. The van der Waals surface area contributed by atoms with Crippen LogP contribution < -0.4 is 11.1 Å². The van der Waals surface area contributed by atoms with Gasteiger partial charge in [0.15, 0.2) is 5.01 Å². The number of hydrogen-bond donors (Lipinski definition) is 2. The van der Waals surface area contributed by atoms with E-state index in [1.165, 1.54) is 11.3 Å². The lowest BCUT2D eigenvalue weighted by atomic mass is 10.1. The monoisotopic (exact) mass is 404 g/mol. The van der Waals surface area contributed by atoms with Crippen molar-refractivity contribution in [3.8, 4) is 28.0 Å². The molecule has 4 aromatic rings. The van der Waals surface area contributed by atoms with Crippen LogP contribution in [0.3, 0.4) is 0 Å². The highest BCUT2D eigenvalue weighted by atomic mass is 32.1. The second-order valence-corrected chi connectivity index (χ2v) is 7.93. The zero-order valence-corrected chi connectivity index (χ0v) is 16.9. The molecule has 0 amide bonds. The van der Waals surface area contributed by atoms with Crippen LogP contribution in [0.5, 0.6) is 0 Å². The molecule has 0 unspecified atom stereocenters. The van der Waals surface area contributed by atoms with Crippen LogP contribution in [0.15, 0.2) is 36.7 Å². The highest BCUT2D eigenvalue weighted by molar-refractivity contribution is 7.14. The molecule has 4 rings (SSSR count). The second-order valence-electron chi connectivity index (χ2n) is 6.87. The molecule has 0 aliphatic heterocycles. The van der Waals surface area contributed by atoms with Crippen molar-refractivity contribution in [1.29, 1.82) is 5.26 Å². The molecule has 0 saturated heterocycles. The van der Waals surface area contributed by atoms with Gasteiger partial charge in [-0.25, -0.2) is 4.52 Å². The Hall–Kier alpha value is -3.35. The van der Waals surface area contributed by atoms with Crippen LogP contribution >= 0.6 is 11.3 Å². The largest absolute Gasteiger partial charge is 0.382 e. The molecule has 9 heteroatoms. The Balaban J connectivity index is 1.79. The Kier molecular flexibility index (Phi) is 5.20. The van der Waals surface area contributed by atoms with Crippen LogP contribution in [0.25, 0.3) is 27.5 Å². The number of pyridine rings is 1. The van der Waals surface area contributed by atoms with Crippen molar-refractivity contribution >= 4 is 22.5 Å². The summed E-state index contributed by atoms with van der Waals surface area (Å²) in [5.74, 6) is 0. The summed E-state index contributed by atoms with van der Waals surface area (Å²) in [5, 5.41) is 27.2. The molecule has 29 heavy (non-hydrogen) atoms. The van der Waals surface area contributed by atoms with E-state index in [9.17, 15) is 0 Å². The van der Waals surface area contributed by atoms with E-state index in [0.717, 1.165) is 38.2 Å². The standard InChI is InChI=1S/C20H20N8S/c1-12(2)25-16-8-17(18-4-3-14-7-13(9-22)10-24-28(14)18)23-11-15(16)20-27-26-19(29-20)5-6-21/h3-4,7-8,10-12H,5-6,21H2,1-2H3,(H,23,25). The Morgan fingerprint density at radius 1 is 1.24 bits per heavy atom. The van der Waals surface area contributed by atoms with Crippen LogP contribution in [-0.2, 0) is 6.42 Å². The summed E-state index contributed by atoms with van der Waals surface area (Å²) in [5.41, 5.74) is 10.5. The number of nitriles is 1. The van der Waals surface area contributed by atoms with Crippen molar-refractivity contribution in [2.24, 2.45) is 5.73 Å². The maximum atomic E-state index is 9.08. The fourth-order valence-electron chi connectivity index (χ4n) is 3.04. The van der Waals surface area contributed by atoms with Gasteiger partial charge in [-0.15, -0.1) is 10.2 Å². The van der Waals surface area contributed by atoms with E-state index in [4.69, 9.17) is 11.0 Å². The maximum absolute atomic E-state index is 9.08. The first-order chi connectivity index (χ1) is 14.1. The molecule has 0 fully saturated rings. The molecule has 3 N–H and O–H groups in total. The third kappa shape index (κ3) is 3.81. The van der Waals surface area contributed by atoms with Gasteiger partial charge in [0.1, 0.15) is 11.1 Å². The quantitative estimate of drug-likeness (QED) is 0.507. The molecular formula is C20H20N8S. The Morgan fingerprint density at radius 2 is 2.10 bits per heavy atom. The maximum Gasteiger partial charge on any atom is 0.151 e. The molecule has 0 atom stereocenters. The fraction of sp³-hybridized carbons (Fsp3) is 0.250. The average Bonchev–Trinajstić information content (AvgIpc) is 3.34. The van der Waals surface area contributed by atoms with Gasteiger partial charge in [-0.1, -0.05) is 11.3 Å². The molecule has 0 spiro atoms. The molecule has 8 nitrogen and oxygen atoms in total. The first kappa shape index (κ1) is 19.0. The Morgan fingerprint density at radius 3 is 2.86 bits per heavy atom. The number of nitrogens with zero attached hydrogens (tertiary/aromatic N) is 6. The topological polar surface area (TPSA) is 118 Å². The van der Waals surface area contributed by atoms with Gasteiger partial charge in [-0.3, -0.25) is 4.98 Å². The molecule has 0 saturated carbocycles. The zero-order chi connectivity index (χ0) is 20.4. The van der Waals surface area contributed by atoms with Gasteiger partial charge >= 0.3 is 0 Å². The lowest BCUT2D eigenvalue weighted by Gasteiger charge is -2.14. The van der Waals surface area contributed by atoms with Gasteiger partial charge in [-0.05, 0) is 44.7 Å². The molecule has 0 bridgehead atoms. The van der Waals surface area contributed by atoms with Gasteiger partial charge in [0.05, 0.1) is 34.2 Å². The van der Waals surface area contributed by atoms with Crippen molar-refractivity contribution in [2.75, 3.05) is 11.9 Å². The molecule has 146 valence electrons. The van der Waals surface area contributed by atoms with Crippen LogP contribution in [0.2, 0.25) is 0 Å². The Bertz CT molecular complexity index is 1200. The normalized spacial score (nSPS) is 11.1. The summed E-state index contributed by atoms with van der Waals surface area (Å²) in [6.07, 6.45) is 4.08. The average molecular weight is 405 g/mol.